The van der Waals surface area contributed by atoms with Gasteiger partial charge in [0.1, 0.15) is 13.2 Å². The number of carbonyl (C=O) groups excluding carboxylic acids is 3. The van der Waals surface area contributed by atoms with E-state index in [1.165, 1.54) is 199 Å². The molecule has 0 amide bonds. The minimum atomic E-state index is -0.829. The summed E-state index contributed by atoms with van der Waals surface area (Å²) in [4.78, 5) is 38.2. The van der Waals surface area contributed by atoms with E-state index in [1.54, 1.807) is 6.08 Å². The van der Waals surface area contributed by atoms with Crippen molar-refractivity contribution in [2.24, 2.45) is 0 Å². The molecule has 6 heteroatoms. The Labute approximate surface area is 465 Å². The zero-order chi connectivity index (χ0) is 54.3. The molecule has 0 aliphatic carbocycles. The van der Waals surface area contributed by atoms with Crippen molar-refractivity contribution < 1.29 is 28.6 Å². The minimum absolute atomic E-state index is 0.0993. The Hall–Kier alpha value is -3.41. The molecule has 0 saturated carbocycles. The van der Waals surface area contributed by atoms with E-state index in [9.17, 15) is 14.4 Å². The third-order valence-electron chi connectivity index (χ3n) is 13.9. The number of unbranched alkanes of at least 4 members (excludes halogenated alkanes) is 34. The fourth-order valence-electron chi connectivity index (χ4n) is 9.14. The Morgan fingerprint density at radius 2 is 0.560 bits per heavy atom. The average molecular weight is 1050 g/mol. The second-order valence-corrected chi connectivity index (χ2v) is 21.3. The van der Waals surface area contributed by atoms with Crippen LogP contribution in [0.1, 0.15) is 316 Å². The molecule has 0 N–H and O–H groups in total. The first kappa shape index (κ1) is 71.6. The van der Waals surface area contributed by atoms with Gasteiger partial charge in [0.2, 0.25) is 0 Å². The van der Waals surface area contributed by atoms with E-state index < -0.39 is 12.1 Å². The molecule has 0 fully saturated rings. The van der Waals surface area contributed by atoms with Gasteiger partial charge in [-0.3, -0.25) is 14.4 Å². The fourth-order valence-corrected chi connectivity index (χ4v) is 9.14. The molecule has 0 spiro atoms. The van der Waals surface area contributed by atoms with Gasteiger partial charge in [0.15, 0.2) is 6.10 Å². The Kier molecular flexibility index (Phi) is 60.3. The standard InChI is InChI=1S/C69H120O6/c1-4-7-10-13-16-19-22-25-27-28-29-30-31-32-33-34-35-36-37-38-39-40-42-44-47-50-53-56-59-62-68(71)74-65-66(64-73-67(70)61-58-55-52-49-46-43-24-21-18-15-12-9-6-3)75-69(72)63-60-57-54-51-48-45-41-26-23-20-17-14-11-8-5-2/h8,11,17,20,22,25-26,28-29,41,48,51,57,60,66H,4-7,9-10,12-16,18-19,21,23-24,27,30-40,42-47,49-50,52-56,58-59,61-65H2,1-3H3/b11-8-,20-17-,25-22-,29-28-,41-26-,51-48-,60-57-. The first-order chi connectivity index (χ1) is 37.0. The monoisotopic (exact) mass is 1040 g/mol. The van der Waals surface area contributed by atoms with Gasteiger partial charge in [0, 0.05) is 12.8 Å². The predicted octanol–water partition coefficient (Wildman–Crippen LogP) is 21.9. The number of carbonyl (C=O) groups is 3. The summed E-state index contributed by atoms with van der Waals surface area (Å²) in [7, 11) is 0. The van der Waals surface area contributed by atoms with Gasteiger partial charge < -0.3 is 14.2 Å². The van der Waals surface area contributed by atoms with Gasteiger partial charge in [0.05, 0.1) is 6.42 Å². The Bertz CT molecular complexity index is 1430. The van der Waals surface area contributed by atoms with Gasteiger partial charge in [-0.25, -0.2) is 0 Å². The van der Waals surface area contributed by atoms with Crippen molar-refractivity contribution in [3.8, 4) is 0 Å². The summed E-state index contributed by atoms with van der Waals surface area (Å²) in [6.45, 7) is 6.46. The molecule has 1 atom stereocenters. The Morgan fingerprint density at radius 3 is 0.880 bits per heavy atom. The maximum atomic E-state index is 12.8. The highest BCUT2D eigenvalue weighted by atomic mass is 16.6. The first-order valence-electron chi connectivity index (χ1n) is 32.1. The summed E-state index contributed by atoms with van der Waals surface area (Å²) in [5.74, 6) is -1.03. The van der Waals surface area contributed by atoms with Crippen molar-refractivity contribution in [2.75, 3.05) is 13.2 Å². The lowest BCUT2D eigenvalue weighted by Gasteiger charge is -2.18. The number of ether oxygens (including phenoxy) is 3. The molecule has 0 bridgehead atoms. The molecule has 75 heavy (non-hydrogen) atoms. The third-order valence-corrected chi connectivity index (χ3v) is 13.9. The highest BCUT2D eigenvalue weighted by Crippen LogP contribution is 2.17. The molecule has 0 saturated heterocycles. The molecule has 0 aromatic carbocycles. The van der Waals surface area contributed by atoms with E-state index in [2.05, 4.69) is 93.7 Å². The third kappa shape index (κ3) is 61.3. The molecule has 0 rings (SSSR count). The minimum Gasteiger partial charge on any atom is -0.462 e. The summed E-state index contributed by atoms with van der Waals surface area (Å²) in [5, 5.41) is 0. The fraction of sp³-hybridized carbons (Fsp3) is 0.754. The van der Waals surface area contributed by atoms with Crippen LogP contribution in [0.15, 0.2) is 85.1 Å². The highest BCUT2D eigenvalue weighted by Gasteiger charge is 2.19. The lowest BCUT2D eigenvalue weighted by atomic mass is 10.0. The van der Waals surface area contributed by atoms with Crippen LogP contribution in [-0.4, -0.2) is 37.2 Å². The van der Waals surface area contributed by atoms with Gasteiger partial charge >= 0.3 is 17.9 Å². The summed E-state index contributed by atoms with van der Waals surface area (Å²) in [5.41, 5.74) is 0. The quantitative estimate of drug-likeness (QED) is 0.0261. The van der Waals surface area contributed by atoms with Crippen LogP contribution in [0.3, 0.4) is 0 Å². The number of hydrogen-bond acceptors (Lipinski definition) is 6. The van der Waals surface area contributed by atoms with E-state index in [1.807, 2.05) is 6.08 Å². The summed E-state index contributed by atoms with van der Waals surface area (Å²) in [6, 6.07) is 0. The van der Waals surface area contributed by atoms with Gasteiger partial charge in [-0.1, -0.05) is 305 Å². The van der Waals surface area contributed by atoms with Crippen molar-refractivity contribution in [3.63, 3.8) is 0 Å². The zero-order valence-corrected chi connectivity index (χ0v) is 49.6. The highest BCUT2D eigenvalue weighted by molar-refractivity contribution is 5.72. The van der Waals surface area contributed by atoms with E-state index in [-0.39, 0.29) is 31.6 Å². The number of allylic oxidation sites excluding steroid dienone is 13. The van der Waals surface area contributed by atoms with Gasteiger partial charge in [-0.15, -0.1) is 0 Å². The van der Waals surface area contributed by atoms with Crippen LogP contribution in [-0.2, 0) is 28.6 Å². The molecular formula is C69H120O6. The molecule has 0 aromatic rings. The van der Waals surface area contributed by atoms with Gasteiger partial charge in [0.25, 0.3) is 0 Å². The van der Waals surface area contributed by atoms with Crippen molar-refractivity contribution in [1.29, 1.82) is 0 Å². The van der Waals surface area contributed by atoms with E-state index in [0.29, 0.717) is 12.8 Å². The topological polar surface area (TPSA) is 78.9 Å². The largest absolute Gasteiger partial charge is 0.462 e. The van der Waals surface area contributed by atoms with Crippen LogP contribution in [0.5, 0.6) is 0 Å². The van der Waals surface area contributed by atoms with Crippen molar-refractivity contribution >= 4 is 17.9 Å². The molecule has 0 radical (unpaired) electrons. The molecular weight excluding hydrogens is 925 g/mol. The van der Waals surface area contributed by atoms with E-state index >= 15 is 0 Å². The Morgan fingerprint density at radius 1 is 0.293 bits per heavy atom. The SMILES string of the molecule is CC/C=C\C/C=C\C/C=C\C/C=C\C/C=C\CC(=O)OC(COC(=O)CCCCCCCCCCCCCCC)COC(=O)CCCCCCCCCCCCCCCCCCC/C=C\C/C=C\CCCCCCC. The smallest absolute Gasteiger partial charge is 0.310 e. The van der Waals surface area contributed by atoms with Crippen LogP contribution >= 0.6 is 0 Å². The second kappa shape index (κ2) is 63.1. The summed E-state index contributed by atoms with van der Waals surface area (Å²) in [6.07, 6.45) is 83.5. The van der Waals surface area contributed by atoms with Crippen LogP contribution in [0.4, 0.5) is 0 Å². The molecule has 0 aromatic heterocycles. The molecule has 0 aliphatic heterocycles. The van der Waals surface area contributed by atoms with Crippen molar-refractivity contribution in [1.82, 2.24) is 0 Å². The summed E-state index contributed by atoms with van der Waals surface area (Å²) >= 11 is 0. The molecule has 432 valence electrons. The van der Waals surface area contributed by atoms with Gasteiger partial charge in [-0.2, -0.15) is 0 Å². The lowest BCUT2D eigenvalue weighted by Crippen LogP contribution is -2.30. The predicted molar refractivity (Wildman–Crippen MR) is 325 cm³/mol. The first-order valence-corrected chi connectivity index (χ1v) is 32.1. The maximum absolute atomic E-state index is 12.8. The molecule has 1 unspecified atom stereocenters. The molecule has 0 heterocycles. The van der Waals surface area contributed by atoms with Crippen LogP contribution < -0.4 is 0 Å². The number of esters is 3. The molecule has 6 nitrogen and oxygen atoms in total. The number of rotatable bonds is 58. The van der Waals surface area contributed by atoms with Crippen molar-refractivity contribution in [3.05, 3.63) is 85.1 Å². The Balaban J connectivity index is 4.25. The average Bonchev–Trinajstić information content (AvgIpc) is 3.41. The summed E-state index contributed by atoms with van der Waals surface area (Å²) < 4.78 is 16.8. The van der Waals surface area contributed by atoms with E-state index in [4.69, 9.17) is 14.2 Å². The lowest BCUT2D eigenvalue weighted by molar-refractivity contribution is -0.166. The maximum Gasteiger partial charge on any atom is 0.310 e. The van der Waals surface area contributed by atoms with Crippen LogP contribution in [0, 0.1) is 0 Å². The van der Waals surface area contributed by atoms with E-state index in [0.717, 1.165) is 77.0 Å². The normalized spacial score (nSPS) is 12.6. The van der Waals surface area contributed by atoms with Gasteiger partial charge in [-0.05, 0) is 77.0 Å². The van der Waals surface area contributed by atoms with Crippen molar-refractivity contribution in [2.45, 2.75) is 322 Å². The zero-order valence-electron chi connectivity index (χ0n) is 49.6. The molecule has 0 aliphatic rings. The van der Waals surface area contributed by atoms with Crippen LogP contribution in [0.25, 0.3) is 0 Å². The second-order valence-electron chi connectivity index (χ2n) is 21.3. The number of hydrogen-bond donors (Lipinski definition) is 0. The van der Waals surface area contributed by atoms with Crippen LogP contribution in [0.2, 0.25) is 0 Å².